The van der Waals surface area contributed by atoms with Crippen molar-refractivity contribution in [3.63, 3.8) is 0 Å². The van der Waals surface area contributed by atoms with Crippen LogP contribution >= 0.6 is 0 Å². The molecule has 0 heterocycles. The molecule has 0 saturated heterocycles. The maximum absolute atomic E-state index is 3.05. The van der Waals surface area contributed by atoms with Gasteiger partial charge in [-0.15, -0.1) is 0 Å². The fourth-order valence-electron chi connectivity index (χ4n) is 7.39. The quantitative estimate of drug-likeness (QED) is 0.180. The average Bonchev–Trinajstić information content (AvgIpc) is 3.64. The molecular weight excluding hydrogens is 743 g/mol. The van der Waals surface area contributed by atoms with Gasteiger partial charge in [0.15, 0.2) is 0 Å². The molecular formula is C47H56Hf. The van der Waals surface area contributed by atoms with Crippen molar-refractivity contribution in [3.8, 4) is 11.1 Å². The van der Waals surface area contributed by atoms with E-state index in [0.717, 1.165) is 6.42 Å². The van der Waals surface area contributed by atoms with Crippen molar-refractivity contribution in [2.45, 2.75) is 115 Å². The average molecular weight is 799 g/mol. The third kappa shape index (κ3) is 6.79. The van der Waals surface area contributed by atoms with E-state index in [9.17, 15) is 0 Å². The van der Waals surface area contributed by atoms with E-state index in [4.69, 9.17) is 0 Å². The molecule has 0 radical (unpaired) electrons. The molecule has 0 amide bonds. The summed E-state index contributed by atoms with van der Waals surface area (Å²) < 4.78 is 3.76. The summed E-state index contributed by atoms with van der Waals surface area (Å²) in [6.07, 6.45) is 8.31. The molecule has 4 aromatic carbocycles. The van der Waals surface area contributed by atoms with Gasteiger partial charge in [0.2, 0.25) is 0 Å². The van der Waals surface area contributed by atoms with Gasteiger partial charge in [0, 0.05) is 0 Å². The standard InChI is InChI=1S/C21H25.C21H26.C5H5.Hf/c1-20(2,3)16-7-9-18-14(12-16)11-15-13-17(21(4,5)6)8-10-19(15)18;1-20(2,3)18-11-7-16(8-12-18)15-17-9-13-19(14-10-17)21(4,5)6;1-2-4-5-3-1;/h7-13H,1-6H3;7-14H,1-6H3;1-3H,4H2;. The molecule has 6 rings (SSSR count). The van der Waals surface area contributed by atoms with Gasteiger partial charge < -0.3 is 0 Å². The van der Waals surface area contributed by atoms with Crippen LogP contribution in [-0.4, -0.2) is 3.26 Å². The molecule has 4 aromatic rings. The minimum absolute atomic E-state index is 0.0859. The molecule has 2 aliphatic carbocycles. The van der Waals surface area contributed by atoms with E-state index in [0.29, 0.717) is 3.67 Å². The number of hydrogen-bond acceptors (Lipinski definition) is 0. The van der Waals surface area contributed by atoms with Crippen LogP contribution in [0, 0.1) is 0 Å². The predicted octanol–water partition coefficient (Wildman–Crippen LogP) is 12.7. The van der Waals surface area contributed by atoms with Gasteiger partial charge in [-0.3, -0.25) is 0 Å². The zero-order valence-electron chi connectivity index (χ0n) is 31.6. The van der Waals surface area contributed by atoms with Gasteiger partial charge in [-0.05, 0) is 0 Å². The molecule has 0 saturated carbocycles. The summed E-state index contributed by atoms with van der Waals surface area (Å²) in [6.45, 7) is 28.1. The molecule has 2 aliphatic rings. The Morgan fingerprint density at radius 2 is 0.875 bits per heavy atom. The van der Waals surface area contributed by atoms with Crippen molar-refractivity contribution >= 4 is 3.26 Å². The summed E-state index contributed by atoms with van der Waals surface area (Å²) in [5, 5.41) is 0. The Balaban J connectivity index is 1.73. The zero-order valence-corrected chi connectivity index (χ0v) is 35.2. The predicted molar refractivity (Wildman–Crippen MR) is 206 cm³/mol. The molecule has 0 aromatic heterocycles. The van der Waals surface area contributed by atoms with E-state index in [1.807, 2.05) is 0 Å². The minimum atomic E-state index is -3.05. The van der Waals surface area contributed by atoms with Crippen molar-refractivity contribution in [1.29, 1.82) is 0 Å². The van der Waals surface area contributed by atoms with Gasteiger partial charge >= 0.3 is 301 Å². The number of fused-ring (bicyclic) bond motifs is 3. The second kappa shape index (κ2) is 12.5. The topological polar surface area (TPSA) is 0 Å². The second-order valence-electron chi connectivity index (χ2n) is 18.3. The van der Waals surface area contributed by atoms with Crippen LogP contribution in [0.2, 0.25) is 0 Å². The summed E-state index contributed by atoms with van der Waals surface area (Å²) in [4.78, 5) is 0. The summed E-state index contributed by atoms with van der Waals surface area (Å²) in [5.74, 6) is 0. The molecule has 0 N–H and O–H groups in total. The van der Waals surface area contributed by atoms with Crippen molar-refractivity contribution in [1.82, 2.24) is 0 Å². The molecule has 0 fully saturated rings. The van der Waals surface area contributed by atoms with Crippen LogP contribution in [0.25, 0.3) is 11.1 Å². The molecule has 48 heavy (non-hydrogen) atoms. The van der Waals surface area contributed by atoms with Gasteiger partial charge in [-0.25, -0.2) is 0 Å². The molecule has 0 bridgehead atoms. The Kier molecular flexibility index (Phi) is 9.07. The molecule has 0 atom stereocenters. The van der Waals surface area contributed by atoms with Gasteiger partial charge in [-0.2, -0.15) is 0 Å². The fraction of sp³-hybridized carbons (Fsp3) is 0.383. The van der Waals surface area contributed by atoms with E-state index < -0.39 is 21.0 Å². The van der Waals surface area contributed by atoms with Crippen LogP contribution in [0.1, 0.15) is 138 Å². The first-order valence-corrected chi connectivity index (χ1v) is 23.6. The summed E-state index contributed by atoms with van der Waals surface area (Å²) >= 11 is -3.05. The SMILES string of the molecule is CC(C)(C)c1ccc([C](c2ccc(C(C)(C)C)cc2)=[Hf]([C]2=CC=CC2)[CH]2c3cc(C(C)(C)C)ccc3-c3ccc(C(C)(C)C)cc32)cc1. The zero-order chi connectivity index (χ0) is 34.8. The van der Waals surface area contributed by atoms with Crippen LogP contribution < -0.4 is 0 Å². The Morgan fingerprint density at radius 3 is 1.21 bits per heavy atom. The first-order chi connectivity index (χ1) is 22.3. The monoisotopic (exact) mass is 800 g/mol. The summed E-state index contributed by atoms with van der Waals surface area (Å²) in [7, 11) is 0. The number of benzene rings is 4. The van der Waals surface area contributed by atoms with Gasteiger partial charge in [0.1, 0.15) is 0 Å². The Bertz CT molecular complexity index is 1810. The van der Waals surface area contributed by atoms with E-state index in [2.05, 4.69) is 186 Å². The molecule has 0 nitrogen and oxygen atoms in total. The van der Waals surface area contributed by atoms with Crippen molar-refractivity contribution in [2.75, 3.05) is 0 Å². The van der Waals surface area contributed by atoms with E-state index in [1.54, 1.807) is 17.7 Å². The Morgan fingerprint density at radius 1 is 0.500 bits per heavy atom. The first-order valence-electron chi connectivity index (χ1n) is 18.0. The van der Waals surface area contributed by atoms with Crippen LogP contribution in [0.3, 0.4) is 0 Å². The van der Waals surface area contributed by atoms with Gasteiger partial charge in [-0.1, -0.05) is 0 Å². The first kappa shape index (κ1) is 34.9. The normalized spacial score (nSPS) is 15.0. The number of hydrogen-bond donors (Lipinski definition) is 0. The second-order valence-corrected chi connectivity index (χ2v) is 27.5. The fourth-order valence-corrected chi connectivity index (χ4v) is 20.5. The Hall–Kier alpha value is -2.90. The molecule has 0 aliphatic heterocycles. The third-order valence-corrected chi connectivity index (χ3v) is 22.6. The van der Waals surface area contributed by atoms with Crippen molar-refractivity contribution in [3.05, 3.63) is 151 Å². The van der Waals surface area contributed by atoms with E-state index in [-0.39, 0.29) is 21.7 Å². The van der Waals surface area contributed by atoms with Crippen molar-refractivity contribution < 1.29 is 21.0 Å². The molecule has 0 spiro atoms. The molecule has 248 valence electrons. The number of rotatable bonds is 4. The third-order valence-electron chi connectivity index (χ3n) is 10.5. The summed E-state index contributed by atoms with van der Waals surface area (Å²) in [6, 6.07) is 34.3. The molecule has 0 unspecified atom stereocenters. The Labute approximate surface area is 299 Å². The van der Waals surface area contributed by atoms with Crippen LogP contribution in [0.15, 0.2) is 106 Å². The summed E-state index contributed by atoms with van der Waals surface area (Å²) in [5.41, 5.74) is 14.9. The maximum atomic E-state index is 2.60. The van der Waals surface area contributed by atoms with Crippen LogP contribution in [-0.2, 0) is 42.6 Å². The van der Waals surface area contributed by atoms with Crippen molar-refractivity contribution in [2.24, 2.45) is 0 Å². The van der Waals surface area contributed by atoms with Crippen LogP contribution in [0.4, 0.5) is 0 Å². The molecule has 1 heteroatoms. The van der Waals surface area contributed by atoms with Gasteiger partial charge in [0.05, 0.1) is 0 Å². The van der Waals surface area contributed by atoms with Crippen LogP contribution in [0.5, 0.6) is 0 Å². The number of allylic oxidation sites excluding steroid dienone is 4. The van der Waals surface area contributed by atoms with E-state index >= 15 is 0 Å². The van der Waals surface area contributed by atoms with Gasteiger partial charge in [0.25, 0.3) is 0 Å². The van der Waals surface area contributed by atoms with E-state index in [1.165, 1.54) is 44.5 Å².